The summed E-state index contributed by atoms with van der Waals surface area (Å²) < 4.78 is 15.7. The Morgan fingerprint density at radius 1 is 1.19 bits per heavy atom. The van der Waals surface area contributed by atoms with Gasteiger partial charge in [-0.1, -0.05) is 0 Å². The molecule has 1 N–H and O–H groups in total. The van der Waals surface area contributed by atoms with Crippen LogP contribution in [0, 0.1) is 12.7 Å². The Kier molecular flexibility index (Phi) is 2.93. The molecule has 1 saturated carbocycles. The summed E-state index contributed by atoms with van der Waals surface area (Å²) in [5, 5.41) is 13.2. The van der Waals surface area contributed by atoms with Gasteiger partial charge in [-0.3, -0.25) is 9.78 Å². The number of nitrogens with one attached hydrogen (secondary N) is 1. The van der Waals surface area contributed by atoms with Crippen LogP contribution in [0.25, 0.3) is 33.4 Å². The van der Waals surface area contributed by atoms with Crippen molar-refractivity contribution < 1.29 is 4.39 Å². The summed E-state index contributed by atoms with van der Waals surface area (Å²) in [4.78, 5) is 4.57. The number of rotatable bonds is 2. The van der Waals surface area contributed by atoms with Crippen LogP contribution < -0.4 is 0 Å². The highest BCUT2D eigenvalue weighted by Gasteiger charge is 2.41. The minimum atomic E-state index is -0.232. The molecule has 27 heavy (non-hydrogen) atoms. The predicted molar refractivity (Wildman–Crippen MR) is 101 cm³/mol. The number of aromatic nitrogens is 5. The molecule has 4 heterocycles. The standard InChI is InChI=1S/C21H18FN5/c1-11-8-16(17-10-23-25-21(17)24-11)18-19(12-2-5-14(22)6-3-12)26-27-15-7-4-13(9-15)20(18)27/h2-3,5-6,8,10,13,15H,4,7,9H2,1H3,(H,23,24,25)/t13-,15+/m0/s1. The molecule has 0 unspecified atom stereocenters. The number of fused-ring (bicyclic) bond motifs is 6. The van der Waals surface area contributed by atoms with Crippen LogP contribution >= 0.6 is 0 Å². The molecule has 0 amide bonds. The van der Waals surface area contributed by atoms with Gasteiger partial charge in [0.1, 0.15) is 11.5 Å². The van der Waals surface area contributed by atoms with Gasteiger partial charge in [-0.15, -0.1) is 0 Å². The van der Waals surface area contributed by atoms with Crippen molar-refractivity contribution in [3.63, 3.8) is 0 Å². The van der Waals surface area contributed by atoms with E-state index in [4.69, 9.17) is 5.10 Å². The molecule has 0 spiro atoms. The lowest BCUT2D eigenvalue weighted by atomic mass is 9.91. The molecule has 2 aliphatic rings. The zero-order chi connectivity index (χ0) is 18.1. The third-order valence-electron chi connectivity index (χ3n) is 6.02. The van der Waals surface area contributed by atoms with Crippen LogP contribution in [0.5, 0.6) is 0 Å². The zero-order valence-electron chi connectivity index (χ0n) is 14.9. The average molecular weight is 359 g/mol. The first kappa shape index (κ1) is 15.1. The molecule has 6 rings (SSSR count). The van der Waals surface area contributed by atoms with Crippen molar-refractivity contribution in [3.05, 3.63) is 53.7 Å². The van der Waals surface area contributed by atoms with E-state index in [1.807, 2.05) is 25.3 Å². The van der Waals surface area contributed by atoms with E-state index in [2.05, 4.69) is 25.9 Å². The number of aryl methyl sites for hydroxylation is 1. The summed E-state index contributed by atoms with van der Waals surface area (Å²) in [6.07, 6.45) is 5.42. The fraction of sp³-hybridized carbons (Fsp3) is 0.286. The first-order valence-corrected chi connectivity index (χ1v) is 9.38. The minimum absolute atomic E-state index is 0.232. The van der Waals surface area contributed by atoms with Crippen LogP contribution in [0.1, 0.15) is 42.6 Å². The van der Waals surface area contributed by atoms with Gasteiger partial charge in [0.05, 0.1) is 17.9 Å². The molecule has 5 nitrogen and oxygen atoms in total. The van der Waals surface area contributed by atoms with Crippen molar-refractivity contribution in [3.8, 4) is 22.4 Å². The molecule has 0 saturated heterocycles. The summed E-state index contributed by atoms with van der Waals surface area (Å²) in [5.74, 6) is 0.311. The SMILES string of the molecule is Cc1cc(-c2c(-c3ccc(F)cc3)nn3c2[C@H]2CC[C@@H]3C2)c2cn[nH]c2n1. The average Bonchev–Trinajstić information content (AvgIpc) is 3.42. The third kappa shape index (κ3) is 2.07. The van der Waals surface area contributed by atoms with Crippen LogP contribution in [0.4, 0.5) is 4.39 Å². The van der Waals surface area contributed by atoms with E-state index in [0.29, 0.717) is 12.0 Å². The molecule has 2 bridgehead atoms. The van der Waals surface area contributed by atoms with Crippen molar-refractivity contribution in [1.82, 2.24) is 25.0 Å². The predicted octanol–water partition coefficient (Wildman–Crippen LogP) is 4.76. The molecule has 4 aromatic rings. The molecule has 2 atom stereocenters. The first-order valence-electron chi connectivity index (χ1n) is 9.38. The highest BCUT2D eigenvalue weighted by molar-refractivity contribution is 5.98. The van der Waals surface area contributed by atoms with Gasteiger partial charge in [-0.25, -0.2) is 9.37 Å². The van der Waals surface area contributed by atoms with E-state index < -0.39 is 0 Å². The van der Waals surface area contributed by atoms with E-state index in [9.17, 15) is 4.39 Å². The molecule has 1 aromatic carbocycles. The van der Waals surface area contributed by atoms with Crippen molar-refractivity contribution in [1.29, 1.82) is 0 Å². The van der Waals surface area contributed by atoms with Gasteiger partial charge >= 0.3 is 0 Å². The largest absolute Gasteiger partial charge is 0.265 e. The molecule has 1 aliphatic carbocycles. The molecular weight excluding hydrogens is 341 g/mol. The second-order valence-corrected chi connectivity index (χ2v) is 7.67. The van der Waals surface area contributed by atoms with Gasteiger partial charge in [0.25, 0.3) is 0 Å². The maximum absolute atomic E-state index is 13.5. The zero-order valence-corrected chi connectivity index (χ0v) is 14.9. The monoisotopic (exact) mass is 359 g/mol. The number of hydrogen-bond acceptors (Lipinski definition) is 3. The molecule has 1 fully saturated rings. The van der Waals surface area contributed by atoms with Gasteiger partial charge in [0.2, 0.25) is 0 Å². The van der Waals surface area contributed by atoms with Crippen LogP contribution in [-0.4, -0.2) is 25.0 Å². The number of aromatic amines is 1. The third-order valence-corrected chi connectivity index (χ3v) is 6.02. The quantitative estimate of drug-likeness (QED) is 0.561. The first-order chi connectivity index (χ1) is 13.2. The van der Waals surface area contributed by atoms with Crippen molar-refractivity contribution in [2.45, 2.75) is 38.1 Å². The molecule has 3 aromatic heterocycles. The van der Waals surface area contributed by atoms with E-state index in [1.165, 1.54) is 37.1 Å². The number of halogens is 1. The van der Waals surface area contributed by atoms with Crippen LogP contribution in [0.15, 0.2) is 36.5 Å². The Morgan fingerprint density at radius 3 is 2.89 bits per heavy atom. The van der Waals surface area contributed by atoms with Crippen LogP contribution in [0.3, 0.4) is 0 Å². The van der Waals surface area contributed by atoms with Gasteiger partial charge in [-0.05, 0) is 56.5 Å². The summed E-state index contributed by atoms with van der Waals surface area (Å²) in [6.45, 7) is 2.00. The Hall–Kier alpha value is -3.02. The van der Waals surface area contributed by atoms with Crippen molar-refractivity contribution >= 4 is 11.0 Å². The molecular formula is C21H18FN5. The molecule has 134 valence electrons. The van der Waals surface area contributed by atoms with Crippen LogP contribution in [-0.2, 0) is 0 Å². The van der Waals surface area contributed by atoms with E-state index >= 15 is 0 Å². The molecule has 6 heteroatoms. The lowest BCUT2D eigenvalue weighted by Crippen LogP contribution is -2.07. The number of hydrogen-bond donors (Lipinski definition) is 1. The van der Waals surface area contributed by atoms with E-state index in [0.717, 1.165) is 39.1 Å². The molecule has 1 aliphatic heterocycles. The highest BCUT2D eigenvalue weighted by Crippen LogP contribution is 2.54. The van der Waals surface area contributed by atoms with Crippen molar-refractivity contribution in [2.75, 3.05) is 0 Å². The Morgan fingerprint density at radius 2 is 2.04 bits per heavy atom. The summed E-state index contributed by atoms with van der Waals surface area (Å²) in [7, 11) is 0. The summed E-state index contributed by atoms with van der Waals surface area (Å²) in [6, 6.07) is 9.25. The minimum Gasteiger partial charge on any atom is -0.265 e. The number of pyridine rings is 1. The van der Waals surface area contributed by atoms with E-state index in [-0.39, 0.29) is 5.82 Å². The number of H-pyrrole nitrogens is 1. The summed E-state index contributed by atoms with van der Waals surface area (Å²) >= 11 is 0. The van der Waals surface area contributed by atoms with Gasteiger partial charge in [0, 0.05) is 33.7 Å². The highest BCUT2D eigenvalue weighted by atomic mass is 19.1. The normalized spacial score (nSPS) is 20.5. The molecule has 0 radical (unpaired) electrons. The lowest BCUT2D eigenvalue weighted by Gasteiger charge is -2.15. The number of benzene rings is 1. The van der Waals surface area contributed by atoms with E-state index in [1.54, 1.807) is 0 Å². The second-order valence-electron chi connectivity index (χ2n) is 7.67. The number of nitrogens with zero attached hydrogens (tertiary/aromatic N) is 4. The maximum Gasteiger partial charge on any atom is 0.155 e. The second kappa shape index (κ2) is 5.25. The smallest absolute Gasteiger partial charge is 0.155 e. The Labute approximate surface area is 155 Å². The fourth-order valence-electron chi connectivity index (χ4n) is 4.88. The maximum atomic E-state index is 13.5. The fourth-order valence-corrected chi connectivity index (χ4v) is 4.88. The van der Waals surface area contributed by atoms with Gasteiger partial charge < -0.3 is 0 Å². The van der Waals surface area contributed by atoms with Crippen LogP contribution in [0.2, 0.25) is 0 Å². The lowest BCUT2D eigenvalue weighted by molar-refractivity contribution is 0.478. The summed E-state index contributed by atoms with van der Waals surface area (Å²) in [5.41, 5.74) is 7.19. The van der Waals surface area contributed by atoms with Crippen molar-refractivity contribution in [2.24, 2.45) is 0 Å². The Bertz CT molecular complexity index is 1190. The van der Waals surface area contributed by atoms with Gasteiger partial charge in [-0.2, -0.15) is 10.2 Å². The Balaban J connectivity index is 1.69. The van der Waals surface area contributed by atoms with Gasteiger partial charge in [0.15, 0.2) is 5.65 Å². The topological polar surface area (TPSA) is 59.4 Å².